The van der Waals surface area contributed by atoms with Gasteiger partial charge in [-0.25, -0.2) is 4.79 Å². The highest BCUT2D eigenvalue weighted by Crippen LogP contribution is 2.42. The van der Waals surface area contributed by atoms with Crippen molar-refractivity contribution < 1.29 is 33.6 Å². The van der Waals surface area contributed by atoms with E-state index in [4.69, 9.17) is 9.15 Å². The van der Waals surface area contributed by atoms with E-state index in [1.807, 2.05) is 6.92 Å². The van der Waals surface area contributed by atoms with Crippen molar-refractivity contribution in [2.45, 2.75) is 36.2 Å². The maximum absolute atomic E-state index is 12.9. The van der Waals surface area contributed by atoms with Crippen molar-refractivity contribution in [3.05, 3.63) is 73.8 Å². The van der Waals surface area contributed by atoms with Crippen molar-refractivity contribution in [2.24, 2.45) is 0 Å². The van der Waals surface area contributed by atoms with E-state index in [-0.39, 0.29) is 35.3 Å². The van der Waals surface area contributed by atoms with E-state index in [1.165, 1.54) is 64.0 Å². The van der Waals surface area contributed by atoms with Gasteiger partial charge in [0.05, 0.1) is 4.92 Å². The van der Waals surface area contributed by atoms with Crippen LogP contribution in [0.15, 0.2) is 50.4 Å². The molecule has 2 atom stereocenters. The number of benzene rings is 1. The molecule has 5 rings (SSSR count). The number of aromatic nitrogens is 2. The highest BCUT2D eigenvalue weighted by molar-refractivity contribution is 8.01. The second kappa shape index (κ2) is 11.3. The molecule has 1 aromatic carbocycles. The van der Waals surface area contributed by atoms with Crippen LogP contribution in [0.25, 0.3) is 0 Å². The Morgan fingerprint density at radius 3 is 2.80 bits per heavy atom. The molecule has 0 saturated carbocycles. The summed E-state index contributed by atoms with van der Waals surface area (Å²) in [7, 11) is 0. The van der Waals surface area contributed by atoms with Crippen LogP contribution in [0.4, 0.5) is 5.69 Å². The van der Waals surface area contributed by atoms with Crippen LogP contribution in [-0.2, 0) is 16.2 Å². The molecule has 2 aliphatic heterocycles. The van der Waals surface area contributed by atoms with E-state index in [1.54, 1.807) is 13.0 Å². The van der Waals surface area contributed by atoms with E-state index in [9.17, 15) is 29.6 Å². The molecule has 40 heavy (non-hydrogen) atoms. The minimum atomic E-state index is -1.21. The lowest BCUT2D eigenvalue weighted by Crippen LogP contribution is -2.70. The highest BCUT2D eigenvalue weighted by Gasteiger charge is 2.54. The minimum Gasteiger partial charge on any atom is -0.479 e. The van der Waals surface area contributed by atoms with Crippen molar-refractivity contribution in [1.29, 1.82) is 0 Å². The molecule has 0 aliphatic carbocycles. The van der Waals surface area contributed by atoms with Gasteiger partial charge in [0.2, 0.25) is 0 Å². The van der Waals surface area contributed by atoms with Gasteiger partial charge in [-0.3, -0.25) is 24.6 Å². The van der Waals surface area contributed by atoms with Gasteiger partial charge in [-0.1, -0.05) is 29.2 Å². The number of fused-ring (bicyclic) bond motifs is 1. The third kappa shape index (κ3) is 5.55. The number of β-lactam (4-membered cyclic amide) rings is 1. The van der Waals surface area contributed by atoms with Crippen LogP contribution in [0.2, 0.25) is 0 Å². The second-order valence-electron chi connectivity index (χ2n) is 8.78. The number of aryl methyl sites for hydroxylation is 2. The Morgan fingerprint density at radius 1 is 1.30 bits per heavy atom. The molecule has 0 bridgehead atoms. The Bertz CT molecular complexity index is 1550. The standard InChI is InChI=1S/C24H21N5O8S3/c1-11-3-5-16(15(7-11)29(34)35)36-8-14-4-6-17(37-14)20(30)25-18-21(31)28-19(23(32)33)13(9-38-22(18)28)10-39-24-27-26-12(2)40-24/h3-7,18,22H,8-10H2,1-2H3,(H,25,30)(H,32,33)/t18-,22+/m0/s1. The SMILES string of the molecule is Cc1ccc(OCc2ccc(C(=O)N[C@H]3C(=O)N4C(C(=O)O)=C(CSc5nnc(C)s5)CS[C@H]34)o2)c([N+](=O)[O-])c1. The number of hydrogen-bond donors (Lipinski definition) is 2. The average Bonchev–Trinajstić information content (AvgIpc) is 3.57. The Morgan fingerprint density at radius 2 is 2.10 bits per heavy atom. The molecule has 3 aromatic rings. The number of carboxylic acids is 1. The first-order chi connectivity index (χ1) is 19.1. The molecule has 13 nitrogen and oxygen atoms in total. The van der Waals surface area contributed by atoms with E-state index >= 15 is 0 Å². The monoisotopic (exact) mass is 603 g/mol. The summed E-state index contributed by atoms with van der Waals surface area (Å²) in [4.78, 5) is 49.8. The van der Waals surface area contributed by atoms with Crippen molar-refractivity contribution in [3.63, 3.8) is 0 Å². The summed E-state index contributed by atoms with van der Waals surface area (Å²) in [6, 6.07) is 6.53. The maximum Gasteiger partial charge on any atom is 0.352 e. The van der Waals surface area contributed by atoms with E-state index in [0.29, 0.717) is 27.0 Å². The Hall–Kier alpha value is -3.89. The fraction of sp³-hybridized carbons (Fsp3) is 0.292. The normalized spacial score (nSPS) is 18.2. The number of aliphatic carboxylic acids is 1. The number of amides is 2. The molecule has 4 heterocycles. The van der Waals surface area contributed by atoms with Gasteiger partial charge < -0.3 is 19.6 Å². The lowest BCUT2D eigenvalue weighted by atomic mass is 10.0. The van der Waals surface area contributed by atoms with Crippen LogP contribution in [0.3, 0.4) is 0 Å². The highest BCUT2D eigenvalue weighted by atomic mass is 32.2. The Kier molecular flexibility index (Phi) is 7.82. The molecule has 0 unspecified atom stereocenters. The number of thioether (sulfide) groups is 2. The van der Waals surface area contributed by atoms with Gasteiger partial charge in [0.15, 0.2) is 15.8 Å². The largest absolute Gasteiger partial charge is 0.479 e. The van der Waals surface area contributed by atoms with Crippen LogP contribution in [0.5, 0.6) is 5.75 Å². The number of nitro benzene ring substituents is 1. The number of nitrogens with one attached hydrogen (secondary N) is 1. The summed E-state index contributed by atoms with van der Waals surface area (Å²) in [5, 5.41) is 32.0. The van der Waals surface area contributed by atoms with Crippen molar-refractivity contribution in [2.75, 3.05) is 11.5 Å². The van der Waals surface area contributed by atoms with Gasteiger partial charge in [0.1, 0.15) is 34.5 Å². The van der Waals surface area contributed by atoms with Crippen LogP contribution >= 0.6 is 34.9 Å². The molecule has 16 heteroatoms. The first kappa shape index (κ1) is 27.7. The molecular weight excluding hydrogens is 582 g/mol. The molecular formula is C24H21N5O8S3. The van der Waals surface area contributed by atoms with Crippen molar-refractivity contribution >= 4 is 58.3 Å². The molecule has 0 spiro atoms. The van der Waals surface area contributed by atoms with Gasteiger partial charge in [0.25, 0.3) is 11.8 Å². The number of carbonyl (C=O) groups is 3. The minimum absolute atomic E-state index is 0.0611. The zero-order valence-corrected chi connectivity index (χ0v) is 23.4. The summed E-state index contributed by atoms with van der Waals surface area (Å²) in [6.45, 7) is 3.40. The predicted molar refractivity (Wildman–Crippen MR) is 145 cm³/mol. The molecule has 2 amide bonds. The topological polar surface area (TPSA) is 178 Å². The van der Waals surface area contributed by atoms with Crippen LogP contribution in [0, 0.1) is 24.0 Å². The Balaban J connectivity index is 1.21. The fourth-order valence-corrected chi connectivity index (χ4v) is 7.41. The smallest absolute Gasteiger partial charge is 0.352 e. The van der Waals surface area contributed by atoms with Gasteiger partial charge in [-0.05, 0) is 43.2 Å². The molecule has 2 N–H and O–H groups in total. The summed E-state index contributed by atoms with van der Waals surface area (Å²) in [6.07, 6.45) is 0. The zero-order chi connectivity index (χ0) is 28.6. The number of nitrogens with zero attached hydrogens (tertiary/aromatic N) is 4. The zero-order valence-electron chi connectivity index (χ0n) is 21.0. The number of furan rings is 1. The molecule has 0 radical (unpaired) electrons. The summed E-state index contributed by atoms with van der Waals surface area (Å²) in [5.74, 6) is -1.44. The lowest BCUT2D eigenvalue weighted by molar-refractivity contribution is -0.386. The predicted octanol–water partition coefficient (Wildman–Crippen LogP) is 3.38. The third-order valence-corrected chi connectivity index (χ3v) is 9.38. The van der Waals surface area contributed by atoms with Gasteiger partial charge >= 0.3 is 11.7 Å². The number of carbonyl (C=O) groups excluding carboxylic acids is 2. The van der Waals surface area contributed by atoms with Gasteiger partial charge in [0, 0.05) is 17.6 Å². The molecule has 1 saturated heterocycles. The number of hydrogen-bond acceptors (Lipinski definition) is 12. The number of nitro groups is 1. The number of rotatable bonds is 10. The second-order valence-corrected chi connectivity index (χ2v) is 12.3. The van der Waals surface area contributed by atoms with E-state index < -0.39 is 34.1 Å². The van der Waals surface area contributed by atoms with Crippen molar-refractivity contribution in [3.8, 4) is 5.75 Å². The average molecular weight is 604 g/mol. The molecule has 2 aromatic heterocycles. The fourth-order valence-electron chi connectivity index (χ4n) is 4.11. The summed E-state index contributed by atoms with van der Waals surface area (Å²) in [5.41, 5.74) is 1.04. The third-order valence-electron chi connectivity index (χ3n) is 5.98. The Labute approximate surface area is 239 Å². The molecule has 1 fully saturated rings. The number of ether oxygens (including phenoxy) is 1. The van der Waals surface area contributed by atoms with Crippen molar-refractivity contribution in [1.82, 2.24) is 20.4 Å². The maximum atomic E-state index is 12.9. The molecule has 208 valence electrons. The first-order valence-corrected chi connectivity index (χ1v) is 14.6. The quantitative estimate of drug-likeness (QED) is 0.150. The van der Waals surface area contributed by atoms with Crippen LogP contribution < -0.4 is 10.1 Å². The van der Waals surface area contributed by atoms with Gasteiger partial charge in [-0.15, -0.1) is 22.0 Å². The van der Waals surface area contributed by atoms with Crippen LogP contribution in [-0.4, -0.2) is 65.8 Å². The van der Waals surface area contributed by atoms with Gasteiger partial charge in [-0.2, -0.15) is 0 Å². The van der Waals surface area contributed by atoms with E-state index in [0.717, 1.165) is 5.01 Å². The van der Waals surface area contributed by atoms with Crippen LogP contribution in [0.1, 0.15) is 26.9 Å². The summed E-state index contributed by atoms with van der Waals surface area (Å²) < 4.78 is 11.8. The summed E-state index contributed by atoms with van der Waals surface area (Å²) >= 11 is 4.13. The lowest BCUT2D eigenvalue weighted by Gasteiger charge is -2.49. The first-order valence-electron chi connectivity index (χ1n) is 11.7. The number of carboxylic acid groups (broad SMARTS) is 1. The molecule has 2 aliphatic rings. The van der Waals surface area contributed by atoms with E-state index in [2.05, 4.69) is 15.5 Å².